The summed E-state index contributed by atoms with van der Waals surface area (Å²) in [7, 11) is 0. The minimum Gasteiger partial charge on any atom is -0.395 e. The first-order valence-corrected chi connectivity index (χ1v) is 29.1. The zero-order valence-electron chi connectivity index (χ0n) is 43.8. The molecule has 1 saturated carbocycles. The van der Waals surface area contributed by atoms with Crippen molar-refractivity contribution in [1.82, 2.24) is 20.4 Å². The van der Waals surface area contributed by atoms with Gasteiger partial charge in [0.25, 0.3) is 0 Å². The lowest BCUT2D eigenvalue weighted by atomic mass is 9.94. The number of rotatable bonds is 50. The lowest BCUT2D eigenvalue weighted by Crippen LogP contribution is -2.42. The summed E-state index contributed by atoms with van der Waals surface area (Å²) in [5, 5.41) is 16.6. The smallest absolute Gasteiger partial charge is 0.220 e. The molecule has 0 aromatic heterocycles. The molecule has 64 heavy (non-hydrogen) atoms. The molecule has 1 aliphatic rings. The molecule has 0 heterocycles. The molecule has 1 fully saturated rings. The zero-order valence-corrected chi connectivity index (χ0v) is 43.8. The number of hydrogen-bond acceptors (Lipinski definition) is 5. The van der Waals surface area contributed by atoms with Gasteiger partial charge < -0.3 is 20.6 Å². The van der Waals surface area contributed by atoms with E-state index < -0.39 is 0 Å². The monoisotopic (exact) mass is 903 g/mol. The number of carbonyl (C=O) groups is 2. The second kappa shape index (κ2) is 46.9. The van der Waals surface area contributed by atoms with Crippen molar-refractivity contribution in [2.24, 2.45) is 11.8 Å². The normalized spacial score (nSPS) is 13.4. The summed E-state index contributed by atoms with van der Waals surface area (Å²) in [6, 6.07) is 0.624. The maximum absolute atomic E-state index is 13.0. The van der Waals surface area contributed by atoms with E-state index in [-0.39, 0.29) is 18.4 Å². The van der Waals surface area contributed by atoms with Crippen LogP contribution in [0.3, 0.4) is 0 Å². The Kier molecular flexibility index (Phi) is 44.6. The molecule has 0 unspecified atom stereocenters. The highest BCUT2D eigenvalue weighted by Gasteiger charge is 2.22. The molecule has 7 heteroatoms. The third-order valence-electron chi connectivity index (χ3n) is 14.7. The van der Waals surface area contributed by atoms with Crippen LogP contribution in [-0.4, -0.2) is 85.2 Å². The second-order valence-corrected chi connectivity index (χ2v) is 20.7. The average Bonchev–Trinajstić information content (AvgIpc) is 3.84. The van der Waals surface area contributed by atoms with E-state index in [2.05, 4.69) is 48.1 Å². The molecule has 0 aliphatic heterocycles. The number of aliphatic hydroxyl groups excluding tert-OH is 1. The Morgan fingerprint density at radius 3 is 1.14 bits per heavy atom. The summed E-state index contributed by atoms with van der Waals surface area (Å²) < 4.78 is 0. The fourth-order valence-electron chi connectivity index (χ4n) is 10.3. The SMILES string of the molecule is CCCCCCCCC(CCCCCCCC)CNC(=O)CCCCCN(CCCCCC(=O)NCC(CCCCCCCC)CCCCCCCC)CCN(CCO)C1CCCC1. The first-order valence-electron chi connectivity index (χ1n) is 29.1. The molecule has 0 aromatic carbocycles. The highest BCUT2D eigenvalue weighted by Crippen LogP contribution is 2.24. The van der Waals surface area contributed by atoms with Gasteiger partial charge in [-0.2, -0.15) is 0 Å². The summed E-state index contributed by atoms with van der Waals surface area (Å²) in [4.78, 5) is 31.2. The van der Waals surface area contributed by atoms with Crippen molar-refractivity contribution in [2.45, 2.75) is 291 Å². The molecule has 0 atom stereocenters. The molecule has 0 saturated heterocycles. The van der Waals surface area contributed by atoms with Crippen molar-refractivity contribution in [3.05, 3.63) is 0 Å². The Bertz CT molecular complexity index is 896. The minimum atomic E-state index is 0.234. The Hall–Kier alpha value is -1.18. The van der Waals surface area contributed by atoms with Gasteiger partial charge in [0, 0.05) is 51.6 Å². The summed E-state index contributed by atoms with van der Waals surface area (Å²) in [6.45, 7) is 16.1. The molecule has 1 rings (SSSR count). The minimum absolute atomic E-state index is 0.234. The summed E-state index contributed by atoms with van der Waals surface area (Å²) in [5.74, 6) is 1.76. The van der Waals surface area contributed by atoms with Gasteiger partial charge in [-0.1, -0.05) is 207 Å². The van der Waals surface area contributed by atoms with Crippen molar-refractivity contribution in [1.29, 1.82) is 0 Å². The van der Waals surface area contributed by atoms with Gasteiger partial charge in [-0.25, -0.2) is 0 Å². The molecular weight excluding hydrogens is 789 g/mol. The molecule has 0 spiro atoms. The van der Waals surface area contributed by atoms with Crippen LogP contribution in [0.5, 0.6) is 0 Å². The third-order valence-corrected chi connectivity index (χ3v) is 14.7. The molecule has 2 amide bonds. The van der Waals surface area contributed by atoms with E-state index in [0.717, 1.165) is 84.3 Å². The highest BCUT2D eigenvalue weighted by molar-refractivity contribution is 5.76. The van der Waals surface area contributed by atoms with Crippen molar-refractivity contribution in [3.63, 3.8) is 0 Å². The standard InChI is InChI=1S/C57H114N4O3/c1-5-9-13-17-21-27-37-53(38-28-22-18-14-10-6-2)51-58-56(63)43-31-25-35-45-60(47-48-61(49-50-62)55-41-33-34-42-55)46-36-26-32-44-57(64)59-52-54(39-29-23-19-15-11-7-3)40-30-24-20-16-12-8-4/h53-55,62H,5-52H2,1-4H3,(H,58,63)(H,59,64). The zero-order chi connectivity index (χ0) is 46.4. The number of unbranched alkanes of at least 4 members (excludes halogenated alkanes) is 24. The first kappa shape index (κ1) is 60.8. The molecule has 0 bridgehead atoms. The van der Waals surface area contributed by atoms with Crippen molar-refractivity contribution in [2.75, 3.05) is 52.4 Å². The maximum atomic E-state index is 13.0. The van der Waals surface area contributed by atoms with E-state index in [0.29, 0.717) is 30.7 Å². The van der Waals surface area contributed by atoms with E-state index in [9.17, 15) is 14.7 Å². The molecule has 0 radical (unpaired) electrons. The molecule has 7 nitrogen and oxygen atoms in total. The van der Waals surface area contributed by atoms with Gasteiger partial charge in [0.05, 0.1) is 6.61 Å². The Morgan fingerprint density at radius 1 is 0.438 bits per heavy atom. The Labute approximate surface area is 400 Å². The quantitative estimate of drug-likeness (QED) is 0.0530. The van der Waals surface area contributed by atoms with Gasteiger partial charge in [0.1, 0.15) is 0 Å². The fraction of sp³-hybridized carbons (Fsp3) is 0.965. The summed E-state index contributed by atoms with van der Waals surface area (Å²) >= 11 is 0. The maximum Gasteiger partial charge on any atom is 0.220 e. The van der Waals surface area contributed by atoms with Crippen LogP contribution in [0.2, 0.25) is 0 Å². The predicted octanol–water partition coefficient (Wildman–Crippen LogP) is 15.1. The van der Waals surface area contributed by atoms with Gasteiger partial charge in [-0.3, -0.25) is 14.5 Å². The average molecular weight is 904 g/mol. The fourth-order valence-corrected chi connectivity index (χ4v) is 10.3. The molecule has 380 valence electrons. The lowest BCUT2D eigenvalue weighted by molar-refractivity contribution is -0.122. The first-order chi connectivity index (χ1) is 31.5. The number of nitrogens with zero attached hydrogens (tertiary/aromatic N) is 2. The van der Waals surface area contributed by atoms with Gasteiger partial charge in [0.15, 0.2) is 0 Å². The van der Waals surface area contributed by atoms with Crippen molar-refractivity contribution in [3.8, 4) is 0 Å². The van der Waals surface area contributed by atoms with Crippen LogP contribution in [0.1, 0.15) is 285 Å². The largest absolute Gasteiger partial charge is 0.395 e. The lowest BCUT2D eigenvalue weighted by Gasteiger charge is -2.31. The Balaban J connectivity index is 2.54. The van der Waals surface area contributed by atoms with E-state index in [1.165, 1.54) is 205 Å². The number of carbonyl (C=O) groups excluding carboxylic acids is 2. The van der Waals surface area contributed by atoms with Crippen molar-refractivity contribution < 1.29 is 14.7 Å². The topological polar surface area (TPSA) is 84.9 Å². The number of aliphatic hydroxyl groups is 1. The van der Waals surface area contributed by atoms with E-state index in [1.807, 2.05) is 0 Å². The number of nitrogens with one attached hydrogen (secondary N) is 2. The van der Waals surface area contributed by atoms with Gasteiger partial charge in [-0.15, -0.1) is 0 Å². The van der Waals surface area contributed by atoms with E-state index in [1.54, 1.807) is 0 Å². The molecule has 0 aromatic rings. The van der Waals surface area contributed by atoms with Crippen LogP contribution in [0.25, 0.3) is 0 Å². The van der Waals surface area contributed by atoms with E-state index in [4.69, 9.17) is 0 Å². The predicted molar refractivity (Wildman–Crippen MR) is 279 cm³/mol. The van der Waals surface area contributed by atoms with Crippen molar-refractivity contribution >= 4 is 11.8 Å². The van der Waals surface area contributed by atoms with E-state index >= 15 is 0 Å². The van der Waals surface area contributed by atoms with Crippen LogP contribution < -0.4 is 10.6 Å². The van der Waals surface area contributed by atoms with Gasteiger partial charge >= 0.3 is 0 Å². The highest BCUT2D eigenvalue weighted by atomic mass is 16.3. The molecule has 1 aliphatic carbocycles. The second-order valence-electron chi connectivity index (χ2n) is 20.7. The molecular formula is C57H114N4O3. The number of amides is 2. The number of hydrogen-bond donors (Lipinski definition) is 3. The van der Waals surface area contributed by atoms with Gasteiger partial charge in [0.2, 0.25) is 11.8 Å². The van der Waals surface area contributed by atoms with Crippen LogP contribution in [0, 0.1) is 11.8 Å². The van der Waals surface area contributed by atoms with Crippen LogP contribution in [-0.2, 0) is 9.59 Å². The van der Waals surface area contributed by atoms with Crippen LogP contribution in [0.4, 0.5) is 0 Å². The third kappa shape index (κ3) is 37.9. The van der Waals surface area contributed by atoms with Crippen LogP contribution >= 0.6 is 0 Å². The van der Waals surface area contributed by atoms with Gasteiger partial charge in [-0.05, 0) is 89.1 Å². The van der Waals surface area contributed by atoms with Crippen LogP contribution in [0.15, 0.2) is 0 Å². The summed E-state index contributed by atoms with van der Waals surface area (Å²) in [6.07, 6.45) is 50.0. The molecule has 3 N–H and O–H groups in total. The summed E-state index contributed by atoms with van der Waals surface area (Å²) in [5.41, 5.74) is 0. The Morgan fingerprint density at radius 2 is 0.781 bits per heavy atom.